The molecule has 0 fully saturated rings. The largest absolute Gasteiger partial charge is 0.481 e. The van der Waals surface area contributed by atoms with Gasteiger partial charge in [0, 0.05) is 9.85 Å². The predicted molar refractivity (Wildman–Crippen MR) is 84.2 cm³/mol. The van der Waals surface area contributed by atoms with Crippen LogP contribution in [0.15, 0.2) is 45.6 Å². The standard InChI is InChI=1S/C14H13BrN2O3S/c1-9(20-12-4-2-3-11(15)7-12)13(18)16-17-14(19)10-5-6-21-8-10/h2-9H,1H3,(H,16,18)(H,17,19). The van der Waals surface area contributed by atoms with E-state index in [-0.39, 0.29) is 5.91 Å². The number of hydrogen-bond acceptors (Lipinski definition) is 4. The van der Waals surface area contributed by atoms with Gasteiger partial charge in [-0.3, -0.25) is 20.4 Å². The van der Waals surface area contributed by atoms with Gasteiger partial charge < -0.3 is 4.74 Å². The van der Waals surface area contributed by atoms with Crippen LogP contribution in [-0.2, 0) is 4.79 Å². The number of nitrogens with one attached hydrogen (secondary N) is 2. The summed E-state index contributed by atoms with van der Waals surface area (Å²) < 4.78 is 6.35. The molecule has 1 atom stereocenters. The zero-order chi connectivity index (χ0) is 15.2. The van der Waals surface area contributed by atoms with Crippen molar-refractivity contribution in [3.8, 4) is 5.75 Å². The van der Waals surface area contributed by atoms with Crippen LogP contribution in [-0.4, -0.2) is 17.9 Å². The lowest BCUT2D eigenvalue weighted by molar-refractivity contribution is -0.128. The molecule has 110 valence electrons. The van der Waals surface area contributed by atoms with E-state index >= 15 is 0 Å². The number of rotatable bonds is 4. The summed E-state index contributed by atoms with van der Waals surface area (Å²) in [6.45, 7) is 1.60. The summed E-state index contributed by atoms with van der Waals surface area (Å²) in [5, 5.41) is 3.48. The van der Waals surface area contributed by atoms with Crippen LogP contribution in [0.1, 0.15) is 17.3 Å². The van der Waals surface area contributed by atoms with Crippen LogP contribution < -0.4 is 15.6 Å². The van der Waals surface area contributed by atoms with E-state index in [1.165, 1.54) is 11.3 Å². The molecule has 0 spiro atoms. The number of amides is 2. The smallest absolute Gasteiger partial charge is 0.279 e. The number of ether oxygens (including phenoxy) is 1. The predicted octanol–water partition coefficient (Wildman–Crippen LogP) is 2.74. The average Bonchev–Trinajstić information content (AvgIpc) is 2.98. The fraction of sp³-hybridized carbons (Fsp3) is 0.143. The van der Waals surface area contributed by atoms with E-state index in [2.05, 4.69) is 26.8 Å². The number of hydrazine groups is 1. The second kappa shape index (κ2) is 7.24. The molecule has 0 bridgehead atoms. The summed E-state index contributed by atoms with van der Waals surface area (Å²) in [6.07, 6.45) is -0.734. The molecule has 1 unspecified atom stereocenters. The maximum atomic E-state index is 11.8. The van der Waals surface area contributed by atoms with Gasteiger partial charge in [-0.2, -0.15) is 11.3 Å². The van der Waals surface area contributed by atoms with Crippen molar-refractivity contribution in [1.82, 2.24) is 10.9 Å². The fourth-order valence-corrected chi connectivity index (χ4v) is 2.50. The Balaban J connectivity index is 1.84. The quantitative estimate of drug-likeness (QED) is 0.815. The molecule has 0 aliphatic carbocycles. The first-order chi connectivity index (χ1) is 10.1. The summed E-state index contributed by atoms with van der Waals surface area (Å²) in [5.41, 5.74) is 5.18. The summed E-state index contributed by atoms with van der Waals surface area (Å²) in [6, 6.07) is 8.85. The topological polar surface area (TPSA) is 67.4 Å². The van der Waals surface area contributed by atoms with E-state index in [9.17, 15) is 9.59 Å². The first-order valence-corrected chi connectivity index (χ1v) is 7.84. The Bertz CT molecular complexity index is 631. The molecule has 0 saturated heterocycles. The van der Waals surface area contributed by atoms with E-state index in [0.29, 0.717) is 11.3 Å². The maximum absolute atomic E-state index is 11.8. The zero-order valence-electron chi connectivity index (χ0n) is 11.1. The molecule has 7 heteroatoms. The highest BCUT2D eigenvalue weighted by atomic mass is 79.9. The van der Waals surface area contributed by atoms with Crippen LogP contribution in [0.25, 0.3) is 0 Å². The Morgan fingerprint density at radius 1 is 1.29 bits per heavy atom. The normalized spacial score (nSPS) is 11.5. The van der Waals surface area contributed by atoms with Crippen molar-refractivity contribution in [2.45, 2.75) is 13.0 Å². The molecule has 21 heavy (non-hydrogen) atoms. The third kappa shape index (κ3) is 4.57. The van der Waals surface area contributed by atoms with Gasteiger partial charge in [0.05, 0.1) is 5.56 Å². The third-order valence-corrected chi connectivity index (χ3v) is 3.74. The minimum Gasteiger partial charge on any atom is -0.481 e. The molecule has 2 rings (SSSR count). The van der Waals surface area contributed by atoms with Crippen molar-refractivity contribution >= 4 is 39.1 Å². The van der Waals surface area contributed by atoms with E-state index in [0.717, 1.165) is 4.47 Å². The van der Waals surface area contributed by atoms with Crippen LogP contribution in [0.5, 0.6) is 5.75 Å². The molecule has 2 amide bonds. The SMILES string of the molecule is CC(Oc1cccc(Br)c1)C(=O)NNC(=O)c1ccsc1. The molecule has 2 N–H and O–H groups in total. The molecular formula is C14H13BrN2O3S. The van der Waals surface area contributed by atoms with Crippen molar-refractivity contribution in [2.24, 2.45) is 0 Å². The maximum Gasteiger partial charge on any atom is 0.279 e. The van der Waals surface area contributed by atoms with Gasteiger partial charge in [-0.1, -0.05) is 22.0 Å². The molecule has 0 saturated carbocycles. The first kappa shape index (κ1) is 15.5. The lowest BCUT2D eigenvalue weighted by Crippen LogP contribution is -2.47. The van der Waals surface area contributed by atoms with Gasteiger partial charge in [-0.15, -0.1) is 0 Å². The number of halogens is 1. The van der Waals surface area contributed by atoms with Gasteiger partial charge in [-0.25, -0.2) is 0 Å². The highest BCUT2D eigenvalue weighted by Crippen LogP contribution is 2.18. The monoisotopic (exact) mass is 368 g/mol. The third-order valence-electron chi connectivity index (χ3n) is 2.56. The number of benzene rings is 1. The van der Waals surface area contributed by atoms with E-state index in [4.69, 9.17) is 4.74 Å². The van der Waals surface area contributed by atoms with Crippen LogP contribution in [0.4, 0.5) is 0 Å². The molecule has 2 aromatic rings. The van der Waals surface area contributed by atoms with E-state index in [1.807, 2.05) is 12.1 Å². The molecule has 1 heterocycles. The van der Waals surface area contributed by atoms with Gasteiger partial charge in [0.2, 0.25) is 0 Å². The minimum atomic E-state index is -0.734. The lowest BCUT2D eigenvalue weighted by Gasteiger charge is -2.15. The van der Waals surface area contributed by atoms with Crippen molar-refractivity contribution in [3.63, 3.8) is 0 Å². The zero-order valence-corrected chi connectivity index (χ0v) is 13.5. The Morgan fingerprint density at radius 3 is 2.76 bits per heavy atom. The molecular weight excluding hydrogens is 356 g/mol. The number of carbonyl (C=O) groups is 2. The van der Waals surface area contributed by atoms with Crippen LogP contribution in [0, 0.1) is 0 Å². The summed E-state index contributed by atoms with van der Waals surface area (Å²) in [5.74, 6) is -0.228. The average molecular weight is 369 g/mol. The van der Waals surface area contributed by atoms with Gasteiger partial charge in [0.15, 0.2) is 6.10 Å². The second-order valence-corrected chi connectivity index (χ2v) is 5.87. The van der Waals surface area contributed by atoms with Crippen LogP contribution in [0.3, 0.4) is 0 Å². The first-order valence-electron chi connectivity index (χ1n) is 6.11. The Hall–Kier alpha value is -1.86. The lowest BCUT2D eigenvalue weighted by atomic mass is 10.3. The van der Waals surface area contributed by atoms with Gasteiger partial charge in [0.1, 0.15) is 5.75 Å². The molecule has 0 aliphatic rings. The van der Waals surface area contributed by atoms with Crippen LogP contribution >= 0.6 is 27.3 Å². The highest BCUT2D eigenvalue weighted by Gasteiger charge is 2.16. The van der Waals surface area contributed by atoms with Crippen molar-refractivity contribution in [2.75, 3.05) is 0 Å². The Labute approximate surface area is 134 Å². The molecule has 1 aromatic carbocycles. The van der Waals surface area contributed by atoms with E-state index in [1.54, 1.807) is 35.9 Å². The summed E-state index contributed by atoms with van der Waals surface area (Å²) in [7, 11) is 0. The molecule has 1 aromatic heterocycles. The van der Waals surface area contributed by atoms with Crippen molar-refractivity contribution in [1.29, 1.82) is 0 Å². The fourth-order valence-electron chi connectivity index (χ4n) is 1.48. The van der Waals surface area contributed by atoms with Crippen molar-refractivity contribution in [3.05, 3.63) is 51.1 Å². The van der Waals surface area contributed by atoms with Crippen LogP contribution in [0.2, 0.25) is 0 Å². The van der Waals surface area contributed by atoms with E-state index < -0.39 is 12.0 Å². The Kier molecular flexibility index (Phi) is 5.35. The molecule has 5 nitrogen and oxygen atoms in total. The Morgan fingerprint density at radius 2 is 2.10 bits per heavy atom. The summed E-state index contributed by atoms with van der Waals surface area (Å²) >= 11 is 4.73. The highest BCUT2D eigenvalue weighted by molar-refractivity contribution is 9.10. The number of thiophene rings is 1. The minimum absolute atomic E-state index is 0.362. The molecule has 0 radical (unpaired) electrons. The summed E-state index contributed by atoms with van der Waals surface area (Å²) in [4.78, 5) is 23.5. The van der Waals surface area contributed by atoms with Gasteiger partial charge >= 0.3 is 0 Å². The number of hydrogen-bond donors (Lipinski definition) is 2. The van der Waals surface area contributed by atoms with Crippen molar-refractivity contribution < 1.29 is 14.3 Å². The van der Waals surface area contributed by atoms with Gasteiger partial charge in [-0.05, 0) is 36.6 Å². The van der Waals surface area contributed by atoms with Gasteiger partial charge in [0.25, 0.3) is 11.8 Å². The molecule has 0 aliphatic heterocycles. The second-order valence-electron chi connectivity index (χ2n) is 4.17. The number of carbonyl (C=O) groups excluding carboxylic acids is 2.